The smallest absolute Gasteiger partial charge is 0 e. The zero-order valence-corrected chi connectivity index (χ0v) is 7.95. The predicted molar refractivity (Wildman–Crippen MR) is 20.9 cm³/mol. The van der Waals surface area contributed by atoms with Crippen LogP contribution in [-0.4, -0.2) is 60.9 Å². The quantitative estimate of drug-likeness (QED) is 0.438. The van der Waals surface area contributed by atoms with Crippen LogP contribution >= 0.6 is 0 Å². The fourth-order valence-corrected chi connectivity index (χ4v) is 0. The minimum Gasteiger partial charge on any atom is 0 e. The standard InChI is InChI=1S/Na.H2O4Te.H2O/c;1-5(2,3)4;/h;(H2,1,2,3,4);1H2. The fraction of sp³-hybridized carbons (Fsp3) is 0. The van der Waals surface area contributed by atoms with Gasteiger partial charge in [-0.1, -0.05) is 0 Å². The second kappa shape index (κ2) is 5.41. The molecule has 1 radical (unpaired) electrons. The topological polar surface area (TPSA) is 106 Å². The average molecular weight is 235 g/mol. The Kier molecular flexibility index (Phi) is 12.2. The van der Waals surface area contributed by atoms with Gasteiger partial charge in [-0.15, -0.1) is 0 Å². The first-order valence-electron chi connectivity index (χ1n) is 0.698. The van der Waals surface area contributed by atoms with E-state index in [1.807, 2.05) is 0 Å². The summed E-state index contributed by atoms with van der Waals surface area (Å²) in [5.74, 6) is 0. The summed E-state index contributed by atoms with van der Waals surface area (Å²) in [5, 5.41) is 0. The van der Waals surface area contributed by atoms with E-state index in [1.54, 1.807) is 0 Å². The Bertz CT molecular complexity index is 91.2. The zero-order valence-electron chi connectivity index (χ0n) is 3.62. The van der Waals surface area contributed by atoms with Crippen molar-refractivity contribution in [2.24, 2.45) is 0 Å². The van der Waals surface area contributed by atoms with E-state index in [0.29, 0.717) is 0 Å². The largest absolute Gasteiger partial charge is 0 e. The van der Waals surface area contributed by atoms with Crippen LogP contribution in [0.4, 0.5) is 0 Å². The Morgan fingerprint density at radius 1 is 1.14 bits per heavy atom. The van der Waals surface area contributed by atoms with E-state index in [0.717, 1.165) is 0 Å². The van der Waals surface area contributed by atoms with Gasteiger partial charge < -0.3 is 5.48 Å². The molecule has 0 fully saturated rings. The molecule has 0 saturated carbocycles. The molecule has 7 heteroatoms. The molecule has 0 bridgehead atoms. The molecule has 0 unspecified atom stereocenters. The van der Waals surface area contributed by atoms with Crippen molar-refractivity contribution in [3.05, 3.63) is 0 Å². The molecular weight excluding hydrogens is 231 g/mol. The molecule has 4 N–H and O–H groups in total. The summed E-state index contributed by atoms with van der Waals surface area (Å²) in [5.41, 5.74) is 0. The van der Waals surface area contributed by atoms with Crippen LogP contribution in [0.25, 0.3) is 0 Å². The van der Waals surface area contributed by atoms with Gasteiger partial charge in [0.2, 0.25) is 0 Å². The van der Waals surface area contributed by atoms with E-state index in [9.17, 15) is 0 Å². The van der Waals surface area contributed by atoms with Crippen LogP contribution in [0, 0.1) is 0 Å². The molecule has 5 nitrogen and oxygen atoms in total. The Balaban J connectivity index is -0.0000000800. The molecule has 0 atom stereocenters. The van der Waals surface area contributed by atoms with Gasteiger partial charge in [0.15, 0.2) is 0 Å². The molecule has 0 aliphatic heterocycles. The second-order valence-corrected chi connectivity index (χ2v) is 3.00. The van der Waals surface area contributed by atoms with Gasteiger partial charge >= 0.3 is 32.1 Å². The molecule has 41 valence electrons. The third-order valence-electron chi connectivity index (χ3n) is 0. The van der Waals surface area contributed by atoms with E-state index in [2.05, 4.69) is 0 Å². The maximum atomic E-state index is 8.85. The van der Waals surface area contributed by atoms with Crippen molar-refractivity contribution in [3.8, 4) is 0 Å². The Morgan fingerprint density at radius 3 is 1.14 bits per heavy atom. The summed E-state index contributed by atoms with van der Waals surface area (Å²) in [7, 11) is 0. The van der Waals surface area contributed by atoms with Gasteiger partial charge in [0, 0.05) is 29.6 Å². The van der Waals surface area contributed by atoms with Crippen molar-refractivity contribution >= 4 is 48.5 Å². The molecule has 0 rings (SSSR count). The number of hydrogen-bond donors (Lipinski definition) is 2. The van der Waals surface area contributed by atoms with E-state index in [1.165, 1.54) is 0 Å². The fourth-order valence-electron chi connectivity index (χ4n) is 0. The van der Waals surface area contributed by atoms with Gasteiger partial charge in [-0.2, -0.15) is 0 Å². The first-order valence-corrected chi connectivity index (χ1v) is 4.69. The molecule has 7 heavy (non-hydrogen) atoms. The molecule has 0 aliphatic rings. The van der Waals surface area contributed by atoms with Crippen molar-refractivity contribution < 1.29 is 18.6 Å². The van der Waals surface area contributed by atoms with E-state index in [-0.39, 0.29) is 35.0 Å². The van der Waals surface area contributed by atoms with Gasteiger partial charge in [0.25, 0.3) is 0 Å². The summed E-state index contributed by atoms with van der Waals surface area (Å²) >= 11 is -5.52. The molecule has 0 aromatic carbocycles. The van der Waals surface area contributed by atoms with Gasteiger partial charge in [-0.3, -0.25) is 0 Å². The van der Waals surface area contributed by atoms with Crippen LogP contribution < -0.4 is 0 Å². The maximum Gasteiger partial charge on any atom is 0 e. The molecule has 0 saturated heterocycles. The van der Waals surface area contributed by atoms with E-state index >= 15 is 0 Å². The molecule has 0 aromatic heterocycles. The first kappa shape index (κ1) is 15.7. The van der Waals surface area contributed by atoms with Gasteiger partial charge in [0.05, 0.1) is 0 Å². The third-order valence-corrected chi connectivity index (χ3v) is 0. The van der Waals surface area contributed by atoms with Crippen LogP contribution in [0.1, 0.15) is 0 Å². The summed E-state index contributed by atoms with van der Waals surface area (Å²) in [6.45, 7) is 0. The molecule has 0 aromatic rings. The van der Waals surface area contributed by atoms with Crippen LogP contribution in [0.3, 0.4) is 0 Å². The third kappa shape index (κ3) is 125. The Morgan fingerprint density at radius 2 is 1.14 bits per heavy atom. The Labute approximate surface area is 66.6 Å². The normalized spacial score (nSPS) is 8.29. The summed E-state index contributed by atoms with van der Waals surface area (Å²) in [4.78, 5) is 0. The van der Waals surface area contributed by atoms with Gasteiger partial charge in [-0.05, 0) is 0 Å². The number of hydrogen-bond acceptors (Lipinski definition) is 2. The molecular formula is H4NaO5Te. The molecule has 0 amide bonds. The van der Waals surface area contributed by atoms with Crippen LogP contribution in [0.5, 0.6) is 0 Å². The first-order chi connectivity index (χ1) is 2.00. The monoisotopic (exact) mass is 237 g/mol. The minimum absolute atomic E-state index is 0. The van der Waals surface area contributed by atoms with E-state index < -0.39 is 19.0 Å². The minimum atomic E-state index is -5.52. The summed E-state index contributed by atoms with van der Waals surface area (Å²) in [6.07, 6.45) is 0. The Hall–Kier alpha value is 1.27. The maximum absolute atomic E-state index is 8.85. The van der Waals surface area contributed by atoms with E-state index in [4.69, 9.17) is 13.2 Å². The number of rotatable bonds is 0. The zero-order chi connectivity index (χ0) is 4.50. The van der Waals surface area contributed by atoms with Crippen molar-refractivity contribution in [2.45, 2.75) is 0 Å². The van der Waals surface area contributed by atoms with Crippen molar-refractivity contribution in [2.75, 3.05) is 0 Å². The van der Waals surface area contributed by atoms with Crippen LogP contribution in [0.15, 0.2) is 0 Å². The van der Waals surface area contributed by atoms with Crippen LogP contribution in [0.2, 0.25) is 0 Å². The SMILES string of the molecule is O.O=[Te](=O)(O)O.[Na]. The molecule has 0 spiro atoms. The second-order valence-electron chi connectivity index (χ2n) is 0.448. The van der Waals surface area contributed by atoms with Crippen molar-refractivity contribution in [1.29, 1.82) is 0 Å². The van der Waals surface area contributed by atoms with Gasteiger partial charge in [0.1, 0.15) is 0 Å². The van der Waals surface area contributed by atoms with Crippen LogP contribution in [-0.2, 0) is 6.21 Å². The van der Waals surface area contributed by atoms with Crippen molar-refractivity contribution in [3.63, 3.8) is 0 Å². The molecule has 0 aliphatic carbocycles. The predicted octanol–water partition coefficient (Wildman–Crippen LogP) is -2.94. The molecule has 0 heterocycles. The van der Waals surface area contributed by atoms with Crippen molar-refractivity contribution in [1.82, 2.24) is 0 Å². The van der Waals surface area contributed by atoms with Gasteiger partial charge in [-0.25, -0.2) is 0 Å². The average Bonchev–Trinajstić information content (AvgIpc) is 0.722. The summed E-state index contributed by atoms with van der Waals surface area (Å²) < 4.78 is 32.0. The summed E-state index contributed by atoms with van der Waals surface area (Å²) in [6, 6.07) is 0.